The van der Waals surface area contributed by atoms with E-state index in [0.717, 1.165) is 44.1 Å². The quantitative estimate of drug-likeness (QED) is 0.499. The largest absolute Gasteiger partial charge is 0.307 e. The fourth-order valence-corrected chi connectivity index (χ4v) is 3.47. The van der Waals surface area contributed by atoms with E-state index in [9.17, 15) is 0 Å². The van der Waals surface area contributed by atoms with Crippen LogP contribution in [0.3, 0.4) is 0 Å². The Kier molecular flexibility index (Phi) is 1.95. The predicted molar refractivity (Wildman–Crippen MR) is 82.5 cm³/mol. The third kappa shape index (κ3) is 1.43. The molecule has 0 radical (unpaired) electrons. The van der Waals surface area contributed by atoms with Crippen LogP contribution in [0.25, 0.3) is 38.4 Å². The second kappa shape index (κ2) is 3.70. The van der Waals surface area contributed by atoms with Crippen molar-refractivity contribution in [2.24, 2.45) is 0 Å². The van der Waals surface area contributed by atoms with Gasteiger partial charge in [0.25, 0.3) is 0 Å². The van der Waals surface area contributed by atoms with Crippen molar-refractivity contribution in [2.45, 2.75) is 6.92 Å². The molecule has 6 nitrogen and oxygen atoms in total. The first-order valence-electron chi connectivity index (χ1n) is 6.55. The first-order valence-corrected chi connectivity index (χ1v) is 7.43. The second-order valence-electron chi connectivity index (χ2n) is 4.99. The third-order valence-corrected chi connectivity index (χ3v) is 4.44. The maximum absolute atomic E-state index is 4.68. The highest BCUT2D eigenvalue weighted by molar-refractivity contribution is 7.15. The smallest absolute Gasteiger partial charge is 0.194 e. The van der Waals surface area contributed by atoms with Crippen molar-refractivity contribution in [3.63, 3.8) is 0 Å². The first kappa shape index (κ1) is 11.0. The molecule has 7 heteroatoms. The van der Waals surface area contributed by atoms with E-state index in [1.165, 1.54) is 0 Å². The van der Waals surface area contributed by atoms with Crippen LogP contribution in [-0.2, 0) is 0 Å². The summed E-state index contributed by atoms with van der Waals surface area (Å²) >= 11 is 1.61. The number of imidazole rings is 2. The molecule has 102 valence electrons. The van der Waals surface area contributed by atoms with Gasteiger partial charge < -0.3 is 10.2 Å². The van der Waals surface area contributed by atoms with E-state index in [1.807, 2.05) is 41.2 Å². The summed E-state index contributed by atoms with van der Waals surface area (Å²) < 4.78 is 2.05. The minimum Gasteiger partial charge on any atom is -0.307 e. The Morgan fingerprint density at radius 1 is 1.14 bits per heavy atom. The molecule has 0 aliphatic rings. The van der Waals surface area contributed by atoms with Crippen LogP contribution in [0.15, 0.2) is 29.9 Å². The highest BCUT2D eigenvalue weighted by Crippen LogP contribution is 2.28. The van der Waals surface area contributed by atoms with Gasteiger partial charge in [0, 0.05) is 23.2 Å². The van der Waals surface area contributed by atoms with Gasteiger partial charge in [-0.3, -0.25) is 4.40 Å². The molecule has 5 aromatic rings. The summed E-state index contributed by atoms with van der Waals surface area (Å²) in [5.41, 5.74) is 4.74. The van der Waals surface area contributed by atoms with Gasteiger partial charge in [-0.25, -0.2) is 15.0 Å². The number of hydrogen-bond acceptors (Lipinski definition) is 4. The van der Waals surface area contributed by atoms with Crippen molar-refractivity contribution in [1.29, 1.82) is 0 Å². The van der Waals surface area contributed by atoms with Crippen LogP contribution in [0.5, 0.6) is 0 Å². The molecule has 0 aliphatic heterocycles. The SMILES string of the molecule is Cc1nc2sccn2c1-c1nc2cc3c[nH][nH]c3cc2n1. The summed E-state index contributed by atoms with van der Waals surface area (Å²) in [6.45, 7) is 2.00. The molecule has 0 unspecified atom stereocenters. The lowest BCUT2D eigenvalue weighted by molar-refractivity contribution is 1.12. The molecule has 5 rings (SSSR count). The average Bonchev–Trinajstić information content (AvgIpc) is 3.16. The molecule has 1 aromatic carbocycles. The fourth-order valence-electron chi connectivity index (χ4n) is 2.71. The van der Waals surface area contributed by atoms with Crippen molar-refractivity contribution in [2.75, 3.05) is 0 Å². The number of aryl methyl sites for hydroxylation is 1. The van der Waals surface area contributed by atoms with Crippen molar-refractivity contribution in [1.82, 2.24) is 29.5 Å². The lowest BCUT2D eigenvalue weighted by Gasteiger charge is -1.94. The molecular weight excluding hydrogens is 284 g/mol. The van der Waals surface area contributed by atoms with Crippen molar-refractivity contribution >= 4 is 38.2 Å². The van der Waals surface area contributed by atoms with Crippen LogP contribution in [0.2, 0.25) is 0 Å². The number of nitrogens with zero attached hydrogens (tertiary/aromatic N) is 4. The molecule has 0 fully saturated rings. The monoisotopic (exact) mass is 294 g/mol. The Morgan fingerprint density at radius 2 is 2.00 bits per heavy atom. The van der Waals surface area contributed by atoms with E-state index in [1.54, 1.807) is 11.3 Å². The molecule has 0 spiro atoms. The summed E-state index contributed by atoms with van der Waals surface area (Å²) in [7, 11) is 0. The number of rotatable bonds is 1. The zero-order valence-corrected chi connectivity index (χ0v) is 11.9. The molecule has 0 saturated heterocycles. The maximum Gasteiger partial charge on any atom is 0.194 e. The lowest BCUT2D eigenvalue weighted by atomic mass is 10.2. The van der Waals surface area contributed by atoms with E-state index in [-0.39, 0.29) is 0 Å². The third-order valence-electron chi connectivity index (χ3n) is 3.68. The molecule has 0 aliphatic carbocycles. The number of benzene rings is 1. The summed E-state index contributed by atoms with van der Waals surface area (Å²) in [5.74, 6) is 0.727. The number of aromatic amines is 2. The van der Waals surface area contributed by atoms with Crippen molar-refractivity contribution in [3.05, 3.63) is 35.6 Å². The Balaban J connectivity index is 1.83. The van der Waals surface area contributed by atoms with E-state index < -0.39 is 0 Å². The number of H-pyrrole nitrogens is 2. The summed E-state index contributed by atoms with van der Waals surface area (Å²) in [6, 6.07) is 4.05. The molecule has 0 amide bonds. The van der Waals surface area contributed by atoms with Gasteiger partial charge in [0.15, 0.2) is 10.8 Å². The summed E-state index contributed by atoms with van der Waals surface area (Å²) in [4.78, 5) is 14.9. The van der Waals surface area contributed by atoms with Crippen molar-refractivity contribution < 1.29 is 0 Å². The van der Waals surface area contributed by atoms with E-state index in [2.05, 4.69) is 25.1 Å². The van der Waals surface area contributed by atoms with E-state index in [4.69, 9.17) is 0 Å². The minimum atomic E-state index is 0.727. The number of thiazole rings is 1. The van der Waals surface area contributed by atoms with E-state index >= 15 is 0 Å². The normalized spacial score (nSPS) is 12.0. The second-order valence-corrected chi connectivity index (χ2v) is 5.86. The molecule has 0 atom stereocenters. The van der Waals surface area contributed by atoms with Crippen LogP contribution in [-0.4, -0.2) is 29.5 Å². The van der Waals surface area contributed by atoms with Crippen LogP contribution in [0.4, 0.5) is 0 Å². The van der Waals surface area contributed by atoms with E-state index in [0.29, 0.717) is 0 Å². The maximum atomic E-state index is 4.68. The zero-order valence-electron chi connectivity index (χ0n) is 11.1. The van der Waals surface area contributed by atoms with Gasteiger partial charge in [0.2, 0.25) is 0 Å². The van der Waals surface area contributed by atoms with Gasteiger partial charge in [0.05, 0.1) is 22.2 Å². The molecule has 0 saturated carbocycles. The Hall–Kier alpha value is -2.67. The van der Waals surface area contributed by atoms with Crippen molar-refractivity contribution in [3.8, 4) is 11.5 Å². The lowest BCUT2D eigenvalue weighted by Crippen LogP contribution is -1.88. The molecular formula is C14H10N6S. The van der Waals surface area contributed by atoms with Gasteiger partial charge in [-0.1, -0.05) is 0 Å². The first-order chi connectivity index (χ1) is 10.3. The minimum absolute atomic E-state index is 0.727. The Bertz CT molecular complexity index is 1060. The van der Waals surface area contributed by atoms with Gasteiger partial charge in [0.1, 0.15) is 5.69 Å². The van der Waals surface area contributed by atoms with Crippen LogP contribution in [0, 0.1) is 6.92 Å². The molecule has 21 heavy (non-hydrogen) atoms. The molecule has 2 N–H and O–H groups in total. The molecule has 4 aromatic heterocycles. The van der Waals surface area contributed by atoms with Crippen LogP contribution >= 0.6 is 11.3 Å². The van der Waals surface area contributed by atoms with Gasteiger partial charge in [-0.05, 0) is 19.1 Å². The Morgan fingerprint density at radius 3 is 2.90 bits per heavy atom. The number of fused-ring (bicyclic) bond motifs is 3. The summed E-state index contributed by atoms with van der Waals surface area (Å²) in [5, 5.41) is 9.18. The molecule has 0 bridgehead atoms. The zero-order chi connectivity index (χ0) is 14.0. The topological polar surface area (TPSA) is 74.7 Å². The standard InChI is InChI=1S/C14H10N6S/c1-7-12(20-2-3-21-14(20)16-7)13-17-10-4-8-6-15-19-9(8)5-11(10)18-13/h2-6,15,19H,1H3. The number of hydrogen-bond donors (Lipinski definition) is 2. The van der Waals surface area contributed by atoms with Gasteiger partial charge in [-0.15, -0.1) is 11.3 Å². The highest BCUT2D eigenvalue weighted by atomic mass is 32.1. The van der Waals surface area contributed by atoms with Crippen LogP contribution < -0.4 is 0 Å². The van der Waals surface area contributed by atoms with Gasteiger partial charge >= 0.3 is 0 Å². The fraction of sp³-hybridized carbons (Fsp3) is 0.0714. The van der Waals surface area contributed by atoms with Crippen LogP contribution in [0.1, 0.15) is 5.69 Å². The molecule has 4 heterocycles. The average molecular weight is 294 g/mol. The Labute approximate surface area is 122 Å². The number of nitrogens with one attached hydrogen (secondary N) is 2. The van der Waals surface area contributed by atoms with Gasteiger partial charge in [-0.2, -0.15) is 0 Å². The summed E-state index contributed by atoms with van der Waals surface area (Å²) in [6.07, 6.45) is 3.93. The number of aromatic nitrogens is 6. The predicted octanol–water partition coefficient (Wildman–Crippen LogP) is 3.12. The highest BCUT2D eigenvalue weighted by Gasteiger charge is 2.16.